The molecule has 1 aromatic carbocycles. The molecule has 1 fully saturated rings. The monoisotopic (exact) mass is 311 g/mol. The third kappa shape index (κ3) is 3.69. The number of aliphatic hydroxyl groups excluding tert-OH is 1. The summed E-state index contributed by atoms with van der Waals surface area (Å²) in [5.41, 5.74) is 0.517. The van der Waals surface area contributed by atoms with Crippen molar-refractivity contribution >= 4 is 17.5 Å². The molecule has 2 rings (SSSR count). The van der Waals surface area contributed by atoms with Crippen LogP contribution in [0.4, 0.5) is 0 Å². The number of carbonyl (C=O) groups is 1. The Morgan fingerprint density at radius 3 is 2.76 bits per heavy atom. The fourth-order valence-corrected chi connectivity index (χ4v) is 3.04. The Bertz CT molecular complexity index is 506. The van der Waals surface area contributed by atoms with Crippen molar-refractivity contribution in [3.63, 3.8) is 0 Å². The maximum atomic E-state index is 12.5. The van der Waals surface area contributed by atoms with E-state index in [0.29, 0.717) is 22.9 Å². The van der Waals surface area contributed by atoms with Crippen molar-refractivity contribution in [3.05, 3.63) is 28.8 Å². The summed E-state index contributed by atoms with van der Waals surface area (Å²) in [6.45, 7) is 2.41. The maximum absolute atomic E-state index is 12.5. The van der Waals surface area contributed by atoms with Crippen LogP contribution in [0.3, 0.4) is 0 Å². The number of benzene rings is 1. The van der Waals surface area contributed by atoms with Crippen LogP contribution in [0.2, 0.25) is 5.02 Å². The van der Waals surface area contributed by atoms with Gasteiger partial charge in [0.1, 0.15) is 5.75 Å². The third-order valence-electron chi connectivity index (χ3n) is 3.99. The number of rotatable bonds is 4. The van der Waals surface area contributed by atoms with E-state index in [0.717, 1.165) is 25.7 Å². The zero-order valence-electron chi connectivity index (χ0n) is 12.5. The Balaban J connectivity index is 2.13. The van der Waals surface area contributed by atoms with Crippen LogP contribution in [0, 0.1) is 0 Å². The standard InChI is InChI=1S/C16H22ClNO3/c1-3-21-15-9-8-11(10-12(15)17)16(20)18(2)13-6-4-5-7-14(13)19/h8-10,13-14,19H,3-7H2,1-2H3/t13-,14+/m1/s1. The maximum Gasteiger partial charge on any atom is 0.253 e. The number of nitrogens with zero attached hydrogens (tertiary/aromatic N) is 1. The van der Waals surface area contributed by atoms with E-state index >= 15 is 0 Å². The van der Waals surface area contributed by atoms with Gasteiger partial charge in [0.05, 0.1) is 23.8 Å². The molecule has 0 heterocycles. The zero-order chi connectivity index (χ0) is 15.4. The van der Waals surface area contributed by atoms with Gasteiger partial charge in [0, 0.05) is 12.6 Å². The fourth-order valence-electron chi connectivity index (χ4n) is 2.80. The molecule has 0 aromatic heterocycles. The molecule has 1 aromatic rings. The number of carbonyl (C=O) groups excluding carboxylic acids is 1. The lowest BCUT2D eigenvalue weighted by molar-refractivity contribution is 0.0268. The summed E-state index contributed by atoms with van der Waals surface area (Å²) in [5.74, 6) is 0.460. The first-order chi connectivity index (χ1) is 10.0. The summed E-state index contributed by atoms with van der Waals surface area (Å²) in [7, 11) is 1.74. The van der Waals surface area contributed by atoms with Crippen LogP contribution >= 0.6 is 11.6 Å². The molecule has 116 valence electrons. The largest absolute Gasteiger partial charge is 0.492 e. The second kappa shape index (κ2) is 7.14. The van der Waals surface area contributed by atoms with E-state index in [4.69, 9.17) is 16.3 Å². The lowest BCUT2D eigenvalue weighted by Crippen LogP contribution is -2.46. The quantitative estimate of drug-likeness (QED) is 0.929. The van der Waals surface area contributed by atoms with Gasteiger partial charge < -0.3 is 14.7 Å². The minimum atomic E-state index is -0.439. The van der Waals surface area contributed by atoms with Gasteiger partial charge in [-0.25, -0.2) is 0 Å². The van der Waals surface area contributed by atoms with E-state index in [1.807, 2.05) is 6.92 Å². The first kappa shape index (κ1) is 16.1. The number of hydrogen-bond donors (Lipinski definition) is 1. The van der Waals surface area contributed by atoms with Crippen molar-refractivity contribution in [1.82, 2.24) is 4.90 Å². The van der Waals surface area contributed by atoms with Gasteiger partial charge >= 0.3 is 0 Å². The van der Waals surface area contributed by atoms with Crippen LogP contribution in [-0.4, -0.2) is 41.7 Å². The Labute approximate surface area is 130 Å². The molecule has 21 heavy (non-hydrogen) atoms. The van der Waals surface area contributed by atoms with Crippen molar-refractivity contribution in [2.45, 2.75) is 44.8 Å². The molecule has 0 saturated heterocycles. The van der Waals surface area contributed by atoms with Crippen molar-refractivity contribution < 1.29 is 14.6 Å². The normalized spacial score (nSPS) is 21.9. The Morgan fingerprint density at radius 1 is 1.43 bits per heavy atom. The molecule has 0 radical (unpaired) electrons. The van der Waals surface area contributed by atoms with Crippen LogP contribution < -0.4 is 4.74 Å². The Hall–Kier alpha value is -1.26. The van der Waals surface area contributed by atoms with Gasteiger partial charge in [0.15, 0.2) is 0 Å². The van der Waals surface area contributed by atoms with Crippen LogP contribution in [0.1, 0.15) is 43.0 Å². The molecular weight excluding hydrogens is 290 g/mol. The molecule has 1 N–H and O–H groups in total. The highest BCUT2D eigenvalue weighted by Crippen LogP contribution is 2.28. The van der Waals surface area contributed by atoms with Crippen LogP contribution in [-0.2, 0) is 0 Å². The van der Waals surface area contributed by atoms with Crippen LogP contribution in [0.15, 0.2) is 18.2 Å². The average molecular weight is 312 g/mol. The van der Waals surface area contributed by atoms with E-state index < -0.39 is 6.10 Å². The lowest BCUT2D eigenvalue weighted by atomic mass is 9.91. The Morgan fingerprint density at radius 2 is 2.14 bits per heavy atom. The molecule has 0 spiro atoms. The van der Waals surface area contributed by atoms with E-state index in [9.17, 15) is 9.90 Å². The van der Waals surface area contributed by atoms with Crippen molar-refractivity contribution in [3.8, 4) is 5.75 Å². The highest BCUT2D eigenvalue weighted by atomic mass is 35.5. The first-order valence-corrected chi connectivity index (χ1v) is 7.80. The smallest absolute Gasteiger partial charge is 0.253 e. The zero-order valence-corrected chi connectivity index (χ0v) is 13.3. The van der Waals surface area contributed by atoms with Crippen molar-refractivity contribution in [1.29, 1.82) is 0 Å². The molecule has 0 unspecified atom stereocenters. The molecule has 5 heteroatoms. The van der Waals surface area contributed by atoms with Crippen molar-refractivity contribution in [2.75, 3.05) is 13.7 Å². The second-order valence-corrected chi connectivity index (χ2v) is 5.82. The SMILES string of the molecule is CCOc1ccc(C(=O)N(C)[C@@H]2CCCC[C@@H]2O)cc1Cl. The summed E-state index contributed by atoms with van der Waals surface area (Å²) < 4.78 is 5.37. The number of ether oxygens (including phenoxy) is 1. The van der Waals surface area contributed by atoms with Gasteiger partial charge in [-0.15, -0.1) is 0 Å². The molecule has 1 aliphatic carbocycles. The van der Waals surface area contributed by atoms with Gasteiger partial charge in [-0.2, -0.15) is 0 Å². The third-order valence-corrected chi connectivity index (χ3v) is 4.29. The van der Waals surface area contributed by atoms with Crippen LogP contribution in [0.5, 0.6) is 5.75 Å². The predicted octanol–water partition coefficient (Wildman–Crippen LogP) is 3.11. The summed E-state index contributed by atoms with van der Waals surface area (Å²) >= 11 is 6.13. The molecule has 0 aliphatic heterocycles. The number of hydrogen-bond acceptors (Lipinski definition) is 3. The second-order valence-electron chi connectivity index (χ2n) is 5.41. The number of halogens is 1. The topological polar surface area (TPSA) is 49.8 Å². The molecule has 4 nitrogen and oxygen atoms in total. The van der Waals surface area contributed by atoms with Gasteiger partial charge in [-0.1, -0.05) is 24.4 Å². The number of amides is 1. The minimum Gasteiger partial charge on any atom is -0.492 e. The van der Waals surface area contributed by atoms with E-state index in [1.165, 1.54) is 0 Å². The van der Waals surface area contributed by atoms with Gasteiger partial charge in [-0.3, -0.25) is 4.79 Å². The summed E-state index contributed by atoms with van der Waals surface area (Å²) in [6.07, 6.45) is 3.23. The Kier molecular flexibility index (Phi) is 5.48. The average Bonchev–Trinajstić information content (AvgIpc) is 2.48. The minimum absolute atomic E-state index is 0.114. The molecule has 2 atom stereocenters. The van der Waals surface area contributed by atoms with Crippen molar-refractivity contribution in [2.24, 2.45) is 0 Å². The molecule has 1 amide bonds. The molecule has 1 saturated carbocycles. The fraction of sp³-hybridized carbons (Fsp3) is 0.562. The molecule has 0 bridgehead atoms. The number of likely N-dealkylation sites (N-methyl/N-ethyl adjacent to an activating group) is 1. The van der Waals surface area contributed by atoms with Gasteiger partial charge in [0.25, 0.3) is 5.91 Å². The molecule has 1 aliphatic rings. The summed E-state index contributed by atoms with van der Waals surface area (Å²) in [6, 6.07) is 4.94. The summed E-state index contributed by atoms with van der Waals surface area (Å²) in [5, 5.41) is 10.5. The van der Waals surface area contributed by atoms with Crippen LogP contribution in [0.25, 0.3) is 0 Å². The molecular formula is C16H22ClNO3. The first-order valence-electron chi connectivity index (χ1n) is 7.42. The predicted molar refractivity (Wildman–Crippen MR) is 83.0 cm³/mol. The van der Waals surface area contributed by atoms with Gasteiger partial charge in [-0.05, 0) is 38.0 Å². The highest BCUT2D eigenvalue weighted by Gasteiger charge is 2.30. The summed E-state index contributed by atoms with van der Waals surface area (Å²) in [4.78, 5) is 14.2. The van der Waals surface area contributed by atoms with E-state index in [2.05, 4.69) is 0 Å². The van der Waals surface area contributed by atoms with E-state index in [-0.39, 0.29) is 11.9 Å². The van der Waals surface area contributed by atoms with E-state index in [1.54, 1.807) is 30.1 Å². The number of aliphatic hydroxyl groups is 1. The highest BCUT2D eigenvalue weighted by molar-refractivity contribution is 6.32. The van der Waals surface area contributed by atoms with Gasteiger partial charge in [0.2, 0.25) is 0 Å². The lowest BCUT2D eigenvalue weighted by Gasteiger charge is -2.35.